The minimum absolute atomic E-state index is 0. The Kier molecular flexibility index (Phi) is 9.55. The maximum atomic E-state index is 11.3. The molecule has 0 aliphatic heterocycles. The first kappa shape index (κ1) is 17.5. The number of hydrogen-bond acceptors (Lipinski definition) is 3. The van der Waals surface area contributed by atoms with E-state index in [1.54, 1.807) is 24.3 Å². The molecule has 0 saturated carbocycles. The molecule has 0 fully saturated rings. The molecule has 0 spiro atoms. The molecule has 1 aromatic carbocycles. The van der Waals surface area contributed by atoms with E-state index in [2.05, 4.69) is 4.74 Å². The van der Waals surface area contributed by atoms with Gasteiger partial charge in [0, 0.05) is 6.42 Å². The topological polar surface area (TPSA) is 49.4 Å². The number of hydrogen-bond donors (Lipinski definition) is 0. The molecule has 0 radical (unpaired) electrons. The maximum absolute atomic E-state index is 11.3. The third-order valence-corrected chi connectivity index (χ3v) is 2.32. The Morgan fingerprint density at radius 2 is 1.79 bits per heavy atom. The molecule has 0 aromatic heterocycles. The van der Waals surface area contributed by atoms with Crippen molar-refractivity contribution in [3.63, 3.8) is 0 Å². The van der Waals surface area contributed by atoms with Crippen molar-refractivity contribution in [3.05, 3.63) is 66.0 Å². The summed E-state index contributed by atoms with van der Waals surface area (Å²) in [7, 11) is 1.31. The van der Waals surface area contributed by atoms with Crippen molar-refractivity contribution in [2.45, 2.75) is 12.8 Å². The van der Waals surface area contributed by atoms with Crippen molar-refractivity contribution in [1.29, 1.82) is 0 Å². The maximum Gasteiger partial charge on any atom is 2.00 e. The summed E-state index contributed by atoms with van der Waals surface area (Å²) >= 11 is 0. The summed E-state index contributed by atoms with van der Waals surface area (Å²) in [5.41, 5.74) is 0.656. The van der Waals surface area contributed by atoms with Crippen molar-refractivity contribution in [3.8, 4) is 0 Å². The van der Waals surface area contributed by atoms with Crippen LogP contribution in [0.25, 0.3) is 0 Å². The summed E-state index contributed by atoms with van der Waals surface area (Å²) in [6.07, 6.45) is 7.44. The minimum Gasteiger partial charge on any atom is -0.875 e. The van der Waals surface area contributed by atoms with Gasteiger partial charge in [0.15, 0.2) is 0 Å². The zero-order chi connectivity index (χ0) is 13.2. The fourth-order valence-corrected chi connectivity index (χ4v) is 1.34. The molecule has 19 heavy (non-hydrogen) atoms. The van der Waals surface area contributed by atoms with Gasteiger partial charge >= 0.3 is 25.4 Å². The predicted octanol–water partition coefficient (Wildman–Crippen LogP) is 2.08. The van der Waals surface area contributed by atoms with Crippen LogP contribution in [0.2, 0.25) is 0 Å². The average molecular weight is 345 g/mol. The molecule has 0 atom stereocenters. The molecule has 0 amide bonds. The Morgan fingerprint density at radius 3 is 2.21 bits per heavy atom. The van der Waals surface area contributed by atoms with Crippen LogP contribution in [0, 0.1) is 0 Å². The van der Waals surface area contributed by atoms with Gasteiger partial charge in [0.1, 0.15) is 0 Å². The summed E-state index contributed by atoms with van der Waals surface area (Å²) in [5.74, 6) is -0.365. The Hall–Kier alpha value is -1.54. The van der Waals surface area contributed by atoms with Gasteiger partial charge in [0.25, 0.3) is 0 Å². The smallest absolute Gasteiger partial charge is 0.875 e. The standard InChI is InChI=1S/C10H12O3.C5H5.Ru/c1-13-10(12)7-6-9(11)8-4-2-3-5-8;1-2-4-5-3-1;/h2-5,11H,6-7H2,1H3;1-5H;/q;-1;+2/p-1. The van der Waals surface area contributed by atoms with Crippen LogP contribution in [-0.4, -0.2) is 13.1 Å². The SMILES string of the molecule is COC(=O)CCC([O-])=C1C=CC=C1.[Ru+2].c1cc[cH-]c1. The van der Waals surface area contributed by atoms with Crippen LogP contribution in [0.5, 0.6) is 0 Å². The summed E-state index contributed by atoms with van der Waals surface area (Å²) in [6.45, 7) is 0. The molecule has 3 nitrogen and oxygen atoms in total. The van der Waals surface area contributed by atoms with Crippen LogP contribution in [0.1, 0.15) is 12.8 Å². The van der Waals surface area contributed by atoms with E-state index in [4.69, 9.17) is 0 Å². The quantitative estimate of drug-likeness (QED) is 0.365. The van der Waals surface area contributed by atoms with Gasteiger partial charge < -0.3 is 9.84 Å². The van der Waals surface area contributed by atoms with E-state index in [-0.39, 0.29) is 44.0 Å². The molecular weight excluding hydrogens is 329 g/mol. The van der Waals surface area contributed by atoms with E-state index < -0.39 is 0 Å². The molecule has 0 bridgehead atoms. The second-order valence-electron chi connectivity index (χ2n) is 3.64. The fourth-order valence-electron chi connectivity index (χ4n) is 1.34. The van der Waals surface area contributed by atoms with Crippen molar-refractivity contribution >= 4 is 5.97 Å². The number of carbonyl (C=O) groups is 1. The zero-order valence-corrected chi connectivity index (χ0v) is 12.4. The van der Waals surface area contributed by atoms with E-state index in [0.29, 0.717) is 5.57 Å². The molecule has 102 valence electrons. The van der Waals surface area contributed by atoms with Crippen molar-refractivity contribution in [2.75, 3.05) is 7.11 Å². The normalized spacial score (nSPS) is 11.3. The average Bonchev–Trinajstić information content (AvgIpc) is 3.08. The van der Waals surface area contributed by atoms with Crippen LogP contribution in [-0.2, 0) is 29.0 Å². The molecule has 1 aliphatic carbocycles. The number of rotatable bonds is 3. The monoisotopic (exact) mass is 346 g/mol. The van der Waals surface area contributed by atoms with Crippen LogP contribution in [0.4, 0.5) is 0 Å². The summed E-state index contributed by atoms with van der Waals surface area (Å²) in [6, 6.07) is 10.0. The van der Waals surface area contributed by atoms with Gasteiger partial charge in [-0.3, -0.25) is 4.79 Å². The number of methoxy groups -OCH3 is 1. The molecule has 1 aliphatic rings. The van der Waals surface area contributed by atoms with Crippen molar-refractivity contribution in [2.24, 2.45) is 0 Å². The molecule has 0 unspecified atom stereocenters. The molecular formula is C15H16O3Ru. The van der Waals surface area contributed by atoms with Gasteiger partial charge in [-0.1, -0.05) is 24.3 Å². The first-order valence-corrected chi connectivity index (χ1v) is 5.72. The van der Waals surface area contributed by atoms with E-state index in [1.807, 2.05) is 30.3 Å². The second-order valence-corrected chi connectivity index (χ2v) is 3.64. The van der Waals surface area contributed by atoms with Gasteiger partial charge in [-0.05, 0) is 12.0 Å². The molecule has 2 rings (SSSR count). The first-order chi connectivity index (χ1) is 8.74. The van der Waals surface area contributed by atoms with Gasteiger partial charge in [0.05, 0.1) is 7.11 Å². The van der Waals surface area contributed by atoms with E-state index >= 15 is 0 Å². The van der Waals surface area contributed by atoms with Crippen LogP contribution in [0.15, 0.2) is 66.0 Å². The largest absolute Gasteiger partial charge is 2.00 e. The summed E-state index contributed by atoms with van der Waals surface area (Å²) < 4.78 is 4.43. The van der Waals surface area contributed by atoms with Gasteiger partial charge in [0.2, 0.25) is 0 Å². The third-order valence-electron chi connectivity index (χ3n) is 2.32. The Labute approximate surface area is 126 Å². The van der Waals surface area contributed by atoms with E-state index in [0.717, 1.165) is 0 Å². The Bertz CT molecular complexity index is 411. The molecule has 0 heterocycles. The minimum atomic E-state index is -0.347. The molecule has 0 saturated heterocycles. The van der Waals surface area contributed by atoms with Crippen molar-refractivity contribution in [1.82, 2.24) is 0 Å². The van der Waals surface area contributed by atoms with Crippen LogP contribution < -0.4 is 5.11 Å². The van der Waals surface area contributed by atoms with Gasteiger partial charge in [-0.25, -0.2) is 12.1 Å². The summed E-state index contributed by atoms with van der Waals surface area (Å²) in [5, 5.41) is 11.3. The van der Waals surface area contributed by atoms with E-state index in [1.165, 1.54) is 7.11 Å². The zero-order valence-electron chi connectivity index (χ0n) is 10.7. The summed E-state index contributed by atoms with van der Waals surface area (Å²) in [4.78, 5) is 10.7. The van der Waals surface area contributed by atoms with Gasteiger partial charge in [-0.2, -0.15) is 18.2 Å². The fraction of sp³-hybridized carbons (Fsp3) is 0.200. The molecule has 0 N–H and O–H groups in total. The first-order valence-electron chi connectivity index (χ1n) is 5.72. The van der Waals surface area contributed by atoms with Crippen molar-refractivity contribution < 1.29 is 34.1 Å². The van der Waals surface area contributed by atoms with Crippen LogP contribution >= 0.6 is 0 Å². The number of allylic oxidation sites excluding steroid dienone is 6. The molecule has 4 heteroatoms. The third kappa shape index (κ3) is 7.48. The van der Waals surface area contributed by atoms with Gasteiger partial charge in [-0.15, -0.1) is 5.76 Å². The van der Waals surface area contributed by atoms with E-state index in [9.17, 15) is 9.90 Å². The Morgan fingerprint density at radius 1 is 1.21 bits per heavy atom. The Balaban J connectivity index is 0.000000454. The second kappa shape index (κ2) is 10.4. The van der Waals surface area contributed by atoms with Crippen LogP contribution in [0.3, 0.4) is 0 Å². The number of ether oxygens (including phenoxy) is 1. The predicted molar refractivity (Wildman–Crippen MR) is 68.6 cm³/mol. The number of esters is 1. The number of carbonyl (C=O) groups excluding carboxylic acids is 1. The molecule has 1 aromatic rings.